The molecule has 0 radical (unpaired) electrons. The number of anilines is 1. The van der Waals surface area contributed by atoms with Gasteiger partial charge in [0.25, 0.3) is 0 Å². The van der Waals surface area contributed by atoms with E-state index in [2.05, 4.69) is 84.5 Å². The van der Waals surface area contributed by atoms with Crippen molar-refractivity contribution in [2.24, 2.45) is 0 Å². The third-order valence-corrected chi connectivity index (χ3v) is 6.35. The fourth-order valence-electron chi connectivity index (χ4n) is 2.66. The van der Waals surface area contributed by atoms with Crippen LogP contribution in [0.4, 0.5) is 5.69 Å². The van der Waals surface area contributed by atoms with E-state index in [4.69, 9.17) is 0 Å². The lowest BCUT2D eigenvalue weighted by atomic mass is 10.1. The van der Waals surface area contributed by atoms with Crippen LogP contribution in [0.15, 0.2) is 46.9 Å². The van der Waals surface area contributed by atoms with Crippen molar-refractivity contribution in [2.45, 2.75) is 26.8 Å². The summed E-state index contributed by atoms with van der Waals surface area (Å²) in [5, 5.41) is 5.00. The summed E-state index contributed by atoms with van der Waals surface area (Å²) in [4.78, 5) is 1.41. The zero-order valence-corrected chi connectivity index (χ0v) is 14.8. The van der Waals surface area contributed by atoms with Crippen molar-refractivity contribution in [3.63, 3.8) is 0 Å². The predicted molar refractivity (Wildman–Crippen MR) is 97.5 cm³/mol. The summed E-state index contributed by atoms with van der Waals surface area (Å²) in [6, 6.07) is 15.2. The van der Waals surface area contributed by atoms with Gasteiger partial charge in [-0.3, -0.25) is 0 Å². The lowest BCUT2D eigenvalue weighted by molar-refractivity contribution is 0.899. The van der Waals surface area contributed by atoms with Crippen LogP contribution in [0.2, 0.25) is 0 Å². The summed E-state index contributed by atoms with van der Waals surface area (Å²) < 4.78 is 2.51. The number of hydrogen-bond donors (Lipinski definition) is 1. The van der Waals surface area contributed by atoms with Crippen LogP contribution in [0.3, 0.4) is 0 Å². The van der Waals surface area contributed by atoms with E-state index in [1.807, 2.05) is 11.3 Å². The highest BCUT2D eigenvalue weighted by molar-refractivity contribution is 9.10. The van der Waals surface area contributed by atoms with E-state index in [-0.39, 0.29) is 0 Å². The van der Waals surface area contributed by atoms with Crippen molar-refractivity contribution in [1.82, 2.24) is 0 Å². The van der Waals surface area contributed by atoms with Crippen LogP contribution in [0.25, 0.3) is 10.1 Å². The molecule has 108 valence electrons. The fraction of sp³-hybridized carbons (Fsp3) is 0.222. The second-order valence-electron chi connectivity index (χ2n) is 5.39. The van der Waals surface area contributed by atoms with Crippen LogP contribution in [0.5, 0.6) is 0 Å². The van der Waals surface area contributed by atoms with Crippen molar-refractivity contribution in [3.8, 4) is 0 Å². The van der Waals surface area contributed by atoms with E-state index in [0.717, 1.165) is 10.2 Å². The minimum Gasteiger partial charge on any atom is -0.377 e. The molecule has 0 fully saturated rings. The maximum atomic E-state index is 3.68. The van der Waals surface area contributed by atoms with Gasteiger partial charge in [-0.05, 0) is 65.3 Å². The van der Waals surface area contributed by atoms with Gasteiger partial charge in [-0.2, -0.15) is 0 Å². The number of nitrogens with one attached hydrogen (secondary N) is 1. The molecule has 0 aliphatic rings. The Labute approximate surface area is 138 Å². The molecule has 2 aromatic carbocycles. The number of thiophene rings is 1. The maximum Gasteiger partial charge on any atom is 0.0581 e. The van der Waals surface area contributed by atoms with Gasteiger partial charge in [0, 0.05) is 19.7 Å². The van der Waals surface area contributed by atoms with Gasteiger partial charge < -0.3 is 5.32 Å². The maximum absolute atomic E-state index is 3.68. The molecular formula is C18H18BrNS. The van der Waals surface area contributed by atoms with Gasteiger partial charge in [0.1, 0.15) is 0 Å². The topological polar surface area (TPSA) is 12.0 Å². The smallest absolute Gasteiger partial charge is 0.0581 e. The molecular weight excluding hydrogens is 342 g/mol. The Morgan fingerprint density at radius 2 is 1.81 bits per heavy atom. The van der Waals surface area contributed by atoms with Crippen LogP contribution in [-0.2, 0) is 0 Å². The van der Waals surface area contributed by atoms with E-state index < -0.39 is 0 Å². The van der Waals surface area contributed by atoms with Crippen molar-refractivity contribution >= 4 is 43.0 Å². The van der Waals surface area contributed by atoms with E-state index in [1.54, 1.807) is 0 Å². The highest BCUT2D eigenvalue weighted by Gasteiger charge is 2.15. The van der Waals surface area contributed by atoms with Crippen LogP contribution >= 0.6 is 27.3 Å². The summed E-state index contributed by atoms with van der Waals surface area (Å²) >= 11 is 5.56. The highest BCUT2D eigenvalue weighted by Crippen LogP contribution is 2.37. The summed E-state index contributed by atoms with van der Waals surface area (Å²) in [7, 11) is 0. The Kier molecular flexibility index (Phi) is 4.05. The molecule has 3 heteroatoms. The first-order valence-corrected chi connectivity index (χ1v) is 8.68. The zero-order chi connectivity index (χ0) is 15.0. The third-order valence-electron chi connectivity index (χ3n) is 3.84. The Morgan fingerprint density at radius 3 is 2.57 bits per heavy atom. The molecule has 1 aromatic heterocycles. The first-order chi connectivity index (χ1) is 10.1. The molecule has 21 heavy (non-hydrogen) atoms. The molecule has 0 aliphatic heterocycles. The molecule has 1 N–H and O–H groups in total. The molecule has 1 atom stereocenters. The number of aryl methyl sites for hydroxylation is 2. The first kappa shape index (κ1) is 14.6. The lowest BCUT2D eigenvalue weighted by Gasteiger charge is -2.17. The second-order valence-corrected chi connectivity index (χ2v) is 7.27. The van der Waals surface area contributed by atoms with Crippen LogP contribution in [-0.4, -0.2) is 0 Å². The minimum atomic E-state index is 0.292. The Bertz CT molecular complexity index is 791. The molecule has 1 nitrogen and oxygen atoms in total. The Balaban J connectivity index is 1.95. The molecule has 0 amide bonds. The average molecular weight is 360 g/mol. The number of fused-ring (bicyclic) bond motifs is 1. The molecule has 3 rings (SSSR count). The summed E-state index contributed by atoms with van der Waals surface area (Å²) in [6.45, 7) is 6.56. The van der Waals surface area contributed by atoms with E-state index in [0.29, 0.717) is 6.04 Å². The van der Waals surface area contributed by atoms with Crippen molar-refractivity contribution in [3.05, 3.63) is 62.9 Å². The van der Waals surface area contributed by atoms with E-state index in [9.17, 15) is 0 Å². The zero-order valence-electron chi connectivity index (χ0n) is 12.4. The van der Waals surface area contributed by atoms with Gasteiger partial charge in [0.05, 0.1) is 6.04 Å². The monoisotopic (exact) mass is 359 g/mol. The minimum absolute atomic E-state index is 0.292. The number of halogens is 1. The Morgan fingerprint density at radius 1 is 1.05 bits per heavy atom. The van der Waals surface area contributed by atoms with E-state index in [1.165, 1.54) is 26.1 Å². The van der Waals surface area contributed by atoms with Gasteiger partial charge in [-0.1, -0.05) is 30.3 Å². The summed E-state index contributed by atoms with van der Waals surface area (Å²) in [5.41, 5.74) is 3.79. The number of rotatable bonds is 3. The van der Waals surface area contributed by atoms with Crippen LogP contribution < -0.4 is 5.32 Å². The quantitative estimate of drug-likeness (QED) is 0.566. The largest absolute Gasteiger partial charge is 0.377 e. The van der Waals surface area contributed by atoms with Gasteiger partial charge in [0.15, 0.2) is 0 Å². The molecule has 0 bridgehead atoms. The average Bonchev–Trinajstić information content (AvgIpc) is 2.82. The molecule has 1 heterocycles. The molecule has 0 spiro atoms. The molecule has 0 saturated carbocycles. The number of benzene rings is 2. The highest BCUT2D eigenvalue weighted by atomic mass is 79.9. The molecule has 0 saturated heterocycles. The van der Waals surface area contributed by atoms with Crippen molar-refractivity contribution < 1.29 is 0 Å². The van der Waals surface area contributed by atoms with E-state index >= 15 is 0 Å². The number of hydrogen-bond acceptors (Lipinski definition) is 2. The van der Waals surface area contributed by atoms with Gasteiger partial charge in [-0.25, -0.2) is 0 Å². The Hall–Kier alpha value is -1.32. The molecule has 1 unspecified atom stereocenters. The van der Waals surface area contributed by atoms with Gasteiger partial charge >= 0.3 is 0 Å². The standard InChI is InChI=1S/C18H18BrNS/c1-11-7-6-9-15(17(11)19)20-13(3)18-12(2)14-8-4-5-10-16(14)21-18/h4-10,13,20H,1-3H3. The lowest BCUT2D eigenvalue weighted by Crippen LogP contribution is -2.06. The normalized spacial score (nSPS) is 12.6. The summed E-state index contributed by atoms with van der Waals surface area (Å²) in [6.07, 6.45) is 0. The van der Waals surface area contributed by atoms with Crippen molar-refractivity contribution in [2.75, 3.05) is 5.32 Å². The SMILES string of the molecule is Cc1cccc(NC(C)c2sc3ccccc3c2C)c1Br. The second kappa shape index (κ2) is 5.82. The van der Waals surface area contributed by atoms with Crippen LogP contribution in [0, 0.1) is 13.8 Å². The van der Waals surface area contributed by atoms with Crippen LogP contribution in [0.1, 0.15) is 29.0 Å². The summed E-state index contributed by atoms with van der Waals surface area (Å²) in [5.74, 6) is 0. The van der Waals surface area contributed by atoms with Crippen molar-refractivity contribution in [1.29, 1.82) is 0 Å². The first-order valence-electron chi connectivity index (χ1n) is 7.07. The van der Waals surface area contributed by atoms with Gasteiger partial charge in [0.2, 0.25) is 0 Å². The third kappa shape index (κ3) is 2.72. The molecule has 3 aromatic rings. The fourth-order valence-corrected chi connectivity index (χ4v) is 4.26. The molecule has 0 aliphatic carbocycles. The predicted octanol–water partition coefficient (Wildman–Crippen LogP) is 6.45. The van der Waals surface area contributed by atoms with Gasteiger partial charge in [-0.15, -0.1) is 11.3 Å².